The van der Waals surface area contributed by atoms with Crippen molar-refractivity contribution in [1.82, 2.24) is 15.2 Å². The number of hydrogen-bond donors (Lipinski definition) is 2. The number of hydrogen-bond acceptors (Lipinski definition) is 5. The van der Waals surface area contributed by atoms with Gasteiger partial charge in [-0.3, -0.25) is 14.9 Å². The predicted molar refractivity (Wildman–Crippen MR) is 115 cm³/mol. The molecule has 0 bridgehead atoms. The fraction of sp³-hybridized carbons (Fsp3) is 0.211. The lowest BCUT2D eigenvalue weighted by molar-refractivity contribution is -0.112. The van der Waals surface area contributed by atoms with Gasteiger partial charge in [-0.05, 0) is 49.3 Å². The van der Waals surface area contributed by atoms with Crippen molar-refractivity contribution >= 4 is 61.7 Å². The molecule has 27 heavy (non-hydrogen) atoms. The number of carbonyl (C=O) groups excluding carboxylic acids is 2. The van der Waals surface area contributed by atoms with Crippen LogP contribution in [-0.2, 0) is 4.79 Å². The third kappa shape index (κ3) is 3.65. The Kier molecular flexibility index (Phi) is 5.03. The van der Waals surface area contributed by atoms with Crippen LogP contribution in [0.1, 0.15) is 21.7 Å². The van der Waals surface area contributed by atoms with Gasteiger partial charge in [-0.1, -0.05) is 30.0 Å². The minimum Gasteiger partial charge on any atom is -0.352 e. The monoisotopic (exact) mass is 415 g/mol. The van der Waals surface area contributed by atoms with Gasteiger partial charge in [-0.25, -0.2) is 0 Å². The molecule has 1 aromatic carbocycles. The number of fused-ring (bicyclic) bond motifs is 1. The normalized spacial score (nSPS) is 16.6. The maximum absolute atomic E-state index is 12.6. The average Bonchev–Trinajstić information content (AvgIpc) is 3.33. The van der Waals surface area contributed by atoms with E-state index in [0.717, 1.165) is 33.6 Å². The highest BCUT2D eigenvalue weighted by Crippen LogP contribution is 2.32. The summed E-state index contributed by atoms with van der Waals surface area (Å²) in [5.41, 5.74) is 2.16. The molecule has 1 amide bonds. The molecule has 3 heterocycles. The highest BCUT2D eigenvalue weighted by molar-refractivity contribution is 8.14. The Bertz CT molecular complexity index is 1040. The van der Waals surface area contributed by atoms with E-state index >= 15 is 0 Å². The molecule has 0 radical (unpaired) electrons. The zero-order valence-corrected chi connectivity index (χ0v) is 17.0. The van der Waals surface area contributed by atoms with Crippen LogP contribution in [0, 0.1) is 6.92 Å². The lowest BCUT2D eigenvalue weighted by Crippen LogP contribution is -2.45. The van der Waals surface area contributed by atoms with Crippen LogP contribution >= 0.6 is 35.3 Å². The van der Waals surface area contributed by atoms with E-state index in [1.807, 2.05) is 43.3 Å². The molecule has 0 spiro atoms. The summed E-state index contributed by atoms with van der Waals surface area (Å²) in [5, 5.41) is 6.95. The summed E-state index contributed by atoms with van der Waals surface area (Å²) < 4.78 is 2.09. The molecule has 0 saturated carbocycles. The van der Waals surface area contributed by atoms with E-state index in [-0.39, 0.29) is 22.2 Å². The molecule has 3 aromatic rings. The Balaban J connectivity index is 1.54. The number of nitrogens with one attached hydrogen (secondary N) is 2. The Morgan fingerprint density at radius 1 is 1.30 bits per heavy atom. The third-order valence-corrected chi connectivity index (χ3v) is 6.77. The first-order valence-electron chi connectivity index (χ1n) is 8.48. The summed E-state index contributed by atoms with van der Waals surface area (Å²) in [7, 11) is 0. The number of carbonyl (C=O) groups is 2. The number of thiocarbonyl (C=S) groups is 1. The number of aromatic nitrogens is 1. The van der Waals surface area contributed by atoms with Crippen LogP contribution in [-0.4, -0.2) is 32.5 Å². The molecule has 138 valence electrons. The molecule has 8 heteroatoms. The largest absolute Gasteiger partial charge is 0.352 e. The van der Waals surface area contributed by atoms with Gasteiger partial charge in [0.15, 0.2) is 5.11 Å². The smallest absolute Gasteiger partial charge is 0.267 e. The van der Waals surface area contributed by atoms with E-state index < -0.39 is 0 Å². The molecule has 2 N–H and O–H groups in total. The lowest BCUT2D eigenvalue weighted by Gasteiger charge is -2.12. The molecule has 2 aromatic heterocycles. The zero-order valence-electron chi connectivity index (χ0n) is 14.5. The molecule has 1 fully saturated rings. The van der Waals surface area contributed by atoms with Gasteiger partial charge in [0.1, 0.15) is 4.83 Å². The Morgan fingerprint density at radius 2 is 2.07 bits per heavy atom. The molecule has 1 aliphatic heterocycles. The second-order valence-electron chi connectivity index (χ2n) is 6.28. The van der Waals surface area contributed by atoms with Crippen molar-refractivity contribution in [3.05, 3.63) is 53.0 Å². The van der Waals surface area contributed by atoms with Gasteiger partial charge in [0, 0.05) is 23.0 Å². The molecule has 0 aliphatic carbocycles. The van der Waals surface area contributed by atoms with E-state index in [4.69, 9.17) is 12.2 Å². The zero-order chi connectivity index (χ0) is 19.0. The van der Waals surface area contributed by atoms with Crippen molar-refractivity contribution in [1.29, 1.82) is 0 Å². The van der Waals surface area contributed by atoms with E-state index in [1.165, 1.54) is 23.1 Å². The number of thiophene rings is 1. The van der Waals surface area contributed by atoms with Gasteiger partial charge in [0.05, 0.1) is 10.9 Å². The minimum absolute atomic E-state index is 0.0703. The molecular weight excluding hydrogens is 398 g/mol. The quantitative estimate of drug-likeness (QED) is 0.640. The van der Waals surface area contributed by atoms with Crippen LogP contribution in [0.2, 0.25) is 0 Å². The van der Waals surface area contributed by atoms with Crippen LogP contribution in [0.15, 0.2) is 42.6 Å². The third-order valence-electron chi connectivity index (χ3n) is 4.40. The first-order valence-corrected chi connectivity index (χ1v) is 10.7. The van der Waals surface area contributed by atoms with Crippen molar-refractivity contribution in [2.45, 2.75) is 19.4 Å². The van der Waals surface area contributed by atoms with E-state index in [0.29, 0.717) is 4.88 Å². The Hall–Kier alpha value is -2.16. The standard InChI is InChI=1S/C19H17N3O2S3/c1-11-10-22(12-5-3-2-4-6-12)17-13(11)9-15(27-17)16(23)21-19(25)20-14-7-8-26-18(14)24/h2-6,9-10,14H,7-8H2,1H3,(H2,20,21,23,25). The van der Waals surface area contributed by atoms with Crippen molar-refractivity contribution in [2.75, 3.05) is 5.75 Å². The topological polar surface area (TPSA) is 63.1 Å². The Morgan fingerprint density at radius 3 is 2.78 bits per heavy atom. The van der Waals surface area contributed by atoms with Crippen molar-refractivity contribution < 1.29 is 9.59 Å². The Labute approximate surface area is 170 Å². The maximum atomic E-state index is 12.6. The van der Waals surface area contributed by atoms with Crippen LogP contribution in [0.4, 0.5) is 0 Å². The second kappa shape index (κ2) is 7.46. The number of thioether (sulfide) groups is 1. The molecule has 1 atom stereocenters. The molecule has 1 saturated heterocycles. The summed E-state index contributed by atoms with van der Waals surface area (Å²) >= 11 is 7.92. The number of rotatable bonds is 3. The van der Waals surface area contributed by atoms with Gasteiger partial charge in [-0.2, -0.15) is 0 Å². The summed E-state index contributed by atoms with van der Waals surface area (Å²) in [5.74, 6) is 0.525. The summed E-state index contributed by atoms with van der Waals surface area (Å²) in [6.07, 6.45) is 2.80. The summed E-state index contributed by atoms with van der Waals surface area (Å²) in [6, 6.07) is 11.6. The van der Waals surface area contributed by atoms with Crippen molar-refractivity contribution in [2.24, 2.45) is 0 Å². The van der Waals surface area contributed by atoms with Gasteiger partial charge >= 0.3 is 0 Å². The highest BCUT2D eigenvalue weighted by atomic mass is 32.2. The summed E-state index contributed by atoms with van der Waals surface area (Å²) in [6.45, 7) is 2.03. The van der Waals surface area contributed by atoms with E-state index in [9.17, 15) is 9.59 Å². The van der Waals surface area contributed by atoms with Crippen LogP contribution in [0.25, 0.3) is 15.9 Å². The predicted octanol–water partition coefficient (Wildman–Crippen LogP) is 3.64. The maximum Gasteiger partial charge on any atom is 0.267 e. The van der Waals surface area contributed by atoms with Crippen LogP contribution < -0.4 is 10.6 Å². The molecule has 5 nitrogen and oxygen atoms in total. The second-order valence-corrected chi connectivity index (χ2v) is 8.82. The van der Waals surface area contributed by atoms with E-state index in [1.54, 1.807) is 0 Å². The number of amides is 1. The van der Waals surface area contributed by atoms with Crippen molar-refractivity contribution in [3.8, 4) is 5.69 Å². The first-order chi connectivity index (χ1) is 13.0. The van der Waals surface area contributed by atoms with Gasteiger partial charge < -0.3 is 9.88 Å². The number of nitrogens with zero attached hydrogens (tertiary/aromatic N) is 1. The lowest BCUT2D eigenvalue weighted by atomic mass is 10.2. The fourth-order valence-electron chi connectivity index (χ4n) is 3.04. The SMILES string of the molecule is Cc1cn(-c2ccccc2)c2sc(C(=O)NC(=S)NC3CCSC3=O)cc12. The highest BCUT2D eigenvalue weighted by Gasteiger charge is 2.26. The van der Waals surface area contributed by atoms with Crippen molar-refractivity contribution in [3.63, 3.8) is 0 Å². The number of benzene rings is 1. The van der Waals surface area contributed by atoms with Crippen LogP contribution in [0.3, 0.4) is 0 Å². The van der Waals surface area contributed by atoms with Gasteiger partial charge in [0.2, 0.25) is 5.12 Å². The van der Waals surface area contributed by atoms with Gasteiger partial charge in [-0.15, -0.1) is 11.3 Å². The summed E-state index contributed by atoms with van der Waals surface area (Å²) in [4.78, 5) is 25.9. The fourth-order valence-corrected chi connectivity index (χ4v) is 5.33. The number of para-hydroxylation sites is 1. The first kappa shape index (κ1) is 18.2. The molecule has 4 rings (SSSR count). The molecule has 1 aliphatic rings. The van der Waals surface area contributed by atoms with Gasteiger partial charge in [0.25, 0.3) is 5.91 Å². The molecular formula is C19H17N3O2S3. The average molecular weight is 416 g/mol. The van der Waals surface area contributed by atoms with E-state index in [2.05, 4.69) is 21.4 Å². The van der Waals surface area contributed by atoms with Crippen LogP contribution in [0.5, 0.6) is 0 Å². The minimum atomic E-state index is -0.310. The number of aryl methyl sites for hydroxylation is 1. The molecule has 1 unspecified atom stereocenters.